The third-order valence-electron chi connectivity index (χ3n) is 7.56. The standard InChI is InChI=1S/C27H36F5N5O3S/c1-13-7-6-10-37(13)25(39)20(34-14(2)24(38)35-15(3)26(4,5)40)21(41)18-12-33-19(11-17(18)23(28)29)36-22(16-8-9-16)27(30,31)32/h11-13,15-16,20,22-23,40H,6-10H2,1-5H3,(H,33,36)(H,35,38)/b34-14+/t13-,15-,20?,22-/m0/s1. The molecule has 1 saturated carbocycles. The summed E-state index contributed by atoms with van der Waals surface area (Å²) in [4.78, 5) is 35.8. The first kappa shape index (κ1) is 32.8. The van der Waals surface area contributed by atoms with E-state index in [9.17, 15) is 36.6 Å². The second-order valence-electron chi connectivity index (χ2n) is 11.3. The number of nitrogens with one attached hydrogen (secondary N) is 2. The molecule has 3 rings (SSSR count). The van der Waals surface area contributed by atoms with Crippen LogP contribution in [0.25, 0.3) is 0 Å². The molecule has 2 aliphatic rings. The molecule has 228 valence electrons. The summed E-state index contributed by atoms with van der Waals surface area (Å²) in [6, 6.07) is -3.52. The van der Waals surface area contributed by atoms with Gasteiger partial charge in [0.25, 0.3) is 18.2 Å². The van der Waals surface area contributed by atoms with Crippen molar-refractivity contribution in [2.24, 2.45) is 10.9 Å². The molecule has 1 saturated heterocycles. The van der Waals surface area contributed by atoms with Gasteiger partial charge < -0.3 is 20.6 Å². The predicted molar refractivity (Wildman–Crippen MR) is 148 cm³/mol. The highest BCUT2D eigenvalue weighted by Crippen LogP contribution is 2.42. The number of amides is 2. The van der Waals surface area contributed by atoms with E-state index < -0.39 is 65.4 Å². The summed E-state index contributed by atoms with van der Waals surface area (Å²) in [5, 5.41) is 15.0. The number of hydrogen-bond acceptors (Lipinski definition) is 7. The van der Waals surface area contributed by atoms with Gasteiger partial charge in [-0.25, -0.2) is 13.8 Å². The Balaban J connectivity index is 1.98. The van der Waals surface area contributed by atoms with E-state index in [1.54, 1.807) is 6.92 Å². The lowest BCUT2D eigenvalue weighted by atomic mass is 10.00. The first-order chi connectivity index (χ1) is 18.9. The molecule has 1 aromatic rings. The monoisotopic (exact) mass is 605 g/mol. The number of pyridine rings is 1. The van der Waals surface area contributed by atoms with Crippen LogP contribution in [-0.2, 0) is 9.59 Å². The number of carbonyl (C=O) groups is 2. The van der Waals surface area contributed by atoms with Crippen molar-refractivity contribution in [1.29, 1.82) is 0 Å². The maximum Gasteiger partial charge on any atom is 0.408 e. The van der Waals surface area contributed by atoms with Gasteiger partial charge in [-0.3, -0.25) is 14.6 Å². The Morgan fingerprint density at radius 1 is 1.22 bits per heavy atom. The largest absolute Gasteiger partial charge is 0.408 e. The van der Waals surface area contributed by atoms with Crippen molar-refractivity contribution in [3.63, 3.8) is 0 Å². The normalized spacial score (nSPS) is 20.5. The van der Waals surface area contributed by atoms with Crippen LogP contribution < -0.4 is 10.6 Å². The molecule has 0 radical (unpaired) electrons. The fourth-order valence-corrected chi connectivity index (χ4v) is 4.84. The van der Waals surface area contributed by atoms with Crippen molar-refractivity contribution in [3.8, 4) is 0 Å². The van der Waals surface area contributed by atoms with Crippen LogP contribution in [0.5, 0.6) is 0 Å². The summed E-state index contributed by atoms with van der Waals surface area (Å²) >= 11 is 5.49. The molecule has 0 bridgehead atoms. The number of nitrogens with zero attached hydrogens (tertiary/aromatic N) is 3. The predicted octanol–water partition coefficient (Wildman–Crippen LogP) is 4.61. The van der Waals surface area contributed by atoms with Gasteiger partial charge in [0.15, 0.2) is 6.04 Å². The highest BCUT2D eigenvalue weighted by atomic mass is 32.1. The molecular weight excluding hydrogens is 569 g/mol. The molecule has 3 N–H and O–H groups in total. The zero-order valence-electron chi connectivity index (χ0n) is 23.6. The Bertz CT molecular complexity index is 1180. The molecule has 8 nitrogen and oxygen atoms in total. The lowest BCUT2D eigenvalue weighted by Gasteiger charge is -2.28. The lowest BCUT2D eigenvalue weighted by Crippen LogP contribution is -2.49. The van der Waals surface area contributed by atoms with Crippen molar-refractivity contribution >= 4 is 40.4 Å². The topological polar surface area (TPSA) is 107 Å². The molecule has 14 heteroatoms. The molecule has 1 unspecified atom stereocenters. The Morgan fingerprint density at radius 3 is 2.34 bits per heavy atom. The quantitative estimate of drug-likeness (QED) is 0.147. The molecule has 1 aliphatic heterocycles. The lowest BCUT2D eigenvalue weighted by molar-refractivity contribution is -0.146. The molecule has 0 spiro atoms. The van der Waals surface area contributed by atoms with E-state index in [1.807, 2.05) is 6.92 Å². The van der Waals surface area contributed by atoms with E-state index in [-0.39, 0.29) is 22.2 Å². The average molecular weight is 606 g/mol. The number of aliphatic imine (C=N–C) groups is 1. The van der Waals surface area contributed by atoms with E-state index in [1.165, 1.54) is 25.7 Å². The number of hydrogen-bond donors (Lipinski definition) is 3. The number of alkyl halides is 5. The summed E-state index contributed by atoms with van der Waals surface area (Å²) in [6.45, 7) is 8.12. The van der Waals surface area contributed by atoms with Gasteiger partial charge in [0.1, 0.15) is 11.9 Å². The van der Waals surface area contributed by atoms with E-state index in [2.05, 4.69) is 20.6 Å². The third-order valence-corrected chi connectivity index (χ3v) is 8.01. The zero-order valence-corrected chi connectivity index (χ0v) is 24.4. The fourth-order valence-electron chi connectivity index (χ4n) is 4.51. The Kier molecular flexibility index (Phi) is 10.1. The second kappa shape index (κ2) is 12.6. The van der Waals surface area contributed by atoms with Gasteiger partial charge in [0.2, 0.25) is 0 Å². The third kappa shape index (κ3) is 8.18. The minimum Gasteiger partial charge on any atom is -0.388 e. The van der Waals surface area contributed by atoms with Crippen LogP contribution in [0, 0.1) is 5.92 Å². The molecule has 2 heterocycles. The van der Waals surface area contributed by atoms with E-state index >= 15 is 0 Å². The summed E-state index contributed by atoms with van der Waals surface area (Å²) in [6.07, 6.45) is -4.69. The maximum atomic E-state index is 14.2. The number of halogens is 5. The van der Waals surface area contributed by atoms with Crippen LogP contribution in [0.4, 0.5) is 27.8 Å². The van der Waals surface area contributed by atoms with Crippen LogP contribution in [0.2, 0.25) is 0 Å². The van der Waals surface area contributed by atoms with Crippen LogP contribution in [-0.4, -0.2) is 79.9 Å². The molecule has 4 atom stereocenters. The highest BCUT2D eigenvalue weighted by molar-refractivity contribution is 7.81. The van der Waals surface area contributed by atoms with Crippen LogP contribution >= 0.6 is 12.2 Å². The van der Waals surface area contributed by atoms with Gasteiger partial charge in [0.05, 0.1) is 22.2 Å². The zero-order chi connectivity index (χ0) is 30.9. The van der Waals surface area contributed by atoms with Crippen molar-refractivity contribution in [2.75, 3.05) is 11.9 Å². The number of thiocarbonyl (C=S) groups is 1. The first-order valence-corrected chi connectivity index (χ1v) is 13.9. The Morgan fingerprint density at radius 2 is 1.85 bits per heavy atom. The minimum absolute atomic E-state index is 0.170. The SMILES string of the molecule is C/C(=N\C(C(=O)N1CCC[C@@H]1C)C(=S)c1cnc(N[C@@H](C2CC2)C(F)(F)F)cc1C(F)F)C(=O)N[C@@H](C)C(C)(C)O. The first-order valence-electron chi connectivity index (χ1n) is 13.5. The van der Waals surface area contributed by atoms with E-state index in [0.29, 0.717) is 32.2 Å². The highest BCUT2D eigenvalue weighted by Gasteiger charge is 2.49. The van der Waals surface area contributed by atoms with Crippen molar-refractivity contribution < 1.29 is 36.6 Å². The number of likely N-dealkylation sites (tertiary alicyclic amines) is 1. The van der Waals surface area contributed by atoms with Gasteiger partial charge in [-0.05, 0) is 72.3 Å². The van der Waals surface area contributed by atoms with Crippen molar-refractivity contribution in [2.45, 2.75) is 103 Å². The van der Waals surface area contributed by atoms with Crippen LogP contribution in [0.1, 0.15) is 77.9 Å². The number of rotatable bonds is 11. The minimum atomic E-state index is -4.60. The fraction of sp³-hybridized carbons (Fsp3) is 0.667. The Labute approximate surface area is 241 Å². The van der Waals surface area contributed by atoms with E-state index in [0.717, 1.165) is 12.3 Å². The Hall–Kier alpha value is -2.74. The molecule has 2 amide bonds. The van der Waals surface area contributed by atoms with Crippen LogP contribution in [0.3, 0.4) is 0 Å². The summed E-state index contributed by atoms with van der Waals surface area (Å²) in [5.74, 6) is -2.34. The number of aromatic nitrogens is 1. The van der Waals surface area contributed by atoms with E-state index in [4.69, 9.17) is 12.2 Å². The molecule has 1 aliphatic carbocycles. The average Bonchev–Trinajstić information content (AvgIpc) is 3.62. The summed E-state index contributed by atoms with van der Waals surface area (Å²) in [7, 11) is 0. The van der Waals surface area contributed by atoms with Gasteiger partial charge in [-0.2, -0.15) is 13.2 Å². The smallest absolute Gasteiger partial charge is 0.388 e. The number of aliphatic hydroxyl groups is 1. The van der Waals surface area contributed by atoms with Crippen molar-refractivity contribution in [1.82, 2.24) is 15.2 Å². The van der Waals surface area contributed by atoms with Gasteiger partial charge in [-0.15, -0.1) is 0 Å². The molecule has 0 aromatic carbocycles. The molecule has 1 aromatic heterocycles. The maximum absolute atomic E-state index is 14.2. The van der Waals surface area contributed by atoms with Gasteiger partial charge >= 0.3 is 6.18 Å². The van der Waals surface area contributed by atoms with Crippen LogP contribution in [0.15, 0.2) is 17.3 Å². The summed E-state index contributed by atoms with van der Waals surface area (Å²) in [5.41, 5.74) is -2.45. The number of carbonyl (C=O) groups excluding carboxylic acids is 2. The molecule has 2 fully saturated rings. The molecule has 41 heavy (non-hydrogen) atoms. The van der Waals surface area contributed by atoms with Crippen molar-refractivity contribution in [3.05, 3.63) is 23.4 Å². The number of anilines is 1. The van der Waals surface area contributed by atoms with Gasteiger partial charge in [0, 0.05) is 29.9 Å². The second-order valence-corrected chi connectivity index (χ2v) is 11.8. The summed E-state index contributed by atoms with van der Waals surface area (Å²) < 4.78 is 69.0. The van der Waals surface area contributed by atoms with Gasteiger partial charge in [-0.1, -0.05) is 12.2 Å². The molecular formula is C27H36F5N5O3S.